The Morgan fingerprint density at radius 3 is 2.21 bits per heavy atom. The quantitative estimate of drug-likeness (QED) is 0.723. The van der Waals surface area contributed by atoms with Crippen LogP contribution >= 0.6 is 15.9 Å². The number of nitrogens with zero attached hydrogens (tertiary/aromatic N) is 1. The fourth-order valence-corrected chi connectivity index (χ4v) is 1.22. The first-order valence-electron chi connectivity index (χ1n) is 4.31. The van der Waals surface area contributed by atoms with Crippen molar-refractivity contribution in [3.63, 3.8) is 0 Å². The van der Waals surface area contributed by atoms with Gasteiger partial charge < -0.3 is 4.90 Å². The third-order valence-electron chi connectivity index (χ3n) is 1.69. The average molecular weight is 276 g/mol. The molecule has 0 saturated heterocycles. The van der Waals surface area contributed by atoms with E-state index >= 15 is 0 Å². The zero-order valence-corrected chi connectivity index (χ0v) is 9.65. The number of hydrogen-bond acceptors (Lipinski definition) is 1. The van der Waals surface area contributed by atoms with Gasteiger partial charge in [-0.3, -0.25) is 4.79 Å². The molecule has 1 unspecified atom stereocenters. The SMILES string of the molecule is CCC(Br)C(=O)N(CC)CC(F)(F)F. The van der Waals surface area contributed by atoms with E-state index in [0.717, 1.165) is 4.90 Å². The minimum Gasteiger partial charge on any atom is -0.333 e. The maximum Gasteiger partial charge on any atom is 0.406 e. The van der Waals surface area contributed by atoms with Crippen LogP contribution in [0, 0.1) is 0 Å². The van der Waals surface area contributed by atoms with E-state index in [4.69, 9.17) is 0 Å². The Morgan fingerprint density at radius 2 is 1.93 bits per heavy atom. The van der Waals surface area contributed by atoms with Crippen molar-refractivity contribution in [3.8, 4) is 0 Å². The molecule has 2 nitrogen and oxygen atoms in total. The molecule has 0 aromatic carbocycles. The van der Waals surface area contributed by atoms with E-state index in [1.807, 2.05) is 0 Å². The maximum absolute atomic E-state index is 12.0. The summed E-state index contributed by atoms with van der Waals surface area (Å²) in [6, 6.07) is 0. The molecule has 0 aliphatic heterocycles. The van der Waals surface area contributed by atoms with Gasteiger partial charge in [0.2, 0.25) is 5.91 Å². The predicted molar refractivity (Wildman–Crippen MR) is 51.3 cm³/mol. The molecular weight excluding hydrogens is 263 g/mol. The van der Waals surface area contributed by atoms with Crippen LogP contribution in [0.2, 0.25) is 0 Å². The number of amides is 1. The molecule has 0 radical (unpaired) electrons. The fourth-order valence-electron chi connectivity index (χ4n) is 0.935. The van der Waals surface area contributed by atoms with E-state index in [0.29, 0.717) is 6.42 Å². The second kappa shape index (κ2) is 5.58. The summed E-state index contributed by atoms with van der Waals surface area (Å²) in [6.45, 7) is 2.16. The molecular formula is C8H13BrF3NO. The molecule has 0 rings (SSSR count). The highest BCUT2D eigenvalue weighted by molar-refractivity contribution is 9.10. The van der Waals surface area contributed by atoms with E-state index < -0.39 is 23.5 Å². The van der Waals surface area contributed by atoms with Crippen LogP contribution < -0.4 is 0 Å². The van der Waals surface area contributed by atoms with Gasteiger partial charge in [0.05, 0.1) is 4.83 Å². The van der Waals surface area contributed by atoms with Gasteiger partial charge in [-0.2, -0.15) is 13.2 Å². The molecule has 0 spiro atoms. The topological polar surface area (TPSA) is 20.3 Å². The third kappa shape index (κ3) is 4.83. The van der Waals surface area contributed by atoms with E-state index in [1.165, 1.54) is 6.92 Å². The highest BCUT2D eigenvalue weighted by Gasteiger charge is 2.33. The monoisotopic (exact) mass is 275 g/mol. The summed E-state index contributed by atoms with van der Waals surface area (Å²) in [5.41, 5.74) is 0. The van der Waals surface area contributed by atoms with Crippen LogP contribution in [-0.4, -0.2) is 34.9 Å². The van der Waals surface area contributed by atoms with Gasteiger partial charge in [0.25, 0.3) is 0 Å². The van der Waals surface area contributed by atoms with Crippen molar-refractivity contribution in [1.82, 2.24) is 4.90 Å². The number of rotatable bonds is 4. The summed E-state index contributed by atoms with van der Waals surface area (Å²) in [4.78, 5) is 11.6. The molecule has 1 atom stereocenters. The molecule has 0 aromatic rings. The van der Waals surface area contributed by atoms with Crippen LogP contribution in [0.4, 0.5) is 13.2 Å². The summed E-state index contributed by atoms with van der Waals surface area (Å²) in [7, 11) is 0. The van der Waals surface area contributed by atoms with Gasteiger partial charge in [0.1, 0.15) is 6.54 Å². The van der Waals surface area contributed by atoms with Gasteiger partial charge in [-0.05, 0) is 13.3 Å². The summed E-state index contributed by atoms with van der Waals surface area (Å²) in [6.07, 6.45) is -3.85. The van der Waals surface area contributed by atoms with Crippen molar-refractivity contribution in [3.05, 3.63) is 0 Å². The Bertz CT molecular complexity index is 196. The Balaban J connectivity index is 4.34. The van der Waals surface area contributed by atoms with Crippen molar-refractivity contribution in [2.75, 3.05) is 13.1 Å². The molecule has 0 bridgehead atoms. The van der Waals surface area contributed by atoms with Crippen molar-refractivity contribution >= 4 is 21.8 Å². The lowest BCUT2D eigenvalue weighted by Gasteiger charge is -2.24. The summed E-state index contributed by atoms with van der Waals surface area (Å²) in [5.74, 6) is -0.507. The van der Waals surface area contributed by atoms with Crippen LogP contribution in [-0.2, 0) is 4.79 Å². The van der Waals surface area contributed by atoms with E-state index in [-0.39, 0.29) is 6.54 Å². The lowest BCUT2D eigenvalue weighted by molar-refractivity contribution is -0.160. The lowest BCUT2D eigenvalue weighted by Crippen LogP contribution is -2.42. The number of carbonyl (C=O) groups is 1. The Morgan fingerprint density at radius 1 is 1.43 bits per heavy atom. The maximum atomic E-state index is 12.0. The molecule has 0 heterocycles. The number of hydrogen-bond donors (Lipinski definition) is 0. The molecule has 0 aliphatic rings. The molecule has 14 heavy (non-hydrogen) atoms. The van der Waals surface area contributed by atoms with Crippen LogP contribution in [0.3, 0.4) is 0 Å². The highest BCUT2D eigenvalue weighted by atomic mass is 79.9. The number of carbonyl (C=O) groups excluding carboxylic acids is 1. The third-order valence-corrected chi connectivity index (χ3v) is 2.73. The molecule has 1 amide bonds. The van der Waals surface area contributed by atoms with Crippen molar-refractivity contribution in [2.24, 2.45) is 0 Å². The summed E-state index contributed by atoms with van der Waals surface area (Å²) in [5, 5.41) is 0. The van der Waals surface area contributed by atoms with Crippen LogP contribution in [0.1, 0.15) is 20.3 Å². The molecule has 0 N–H and O–H groups in total. The minimum atomic E-state index is -4.33. The second-order valence-corrected chi connectivity index (χ2v) is 3.95. The standard InChI is InChI=1S/C8H13BrF3NO/c1-3-6(9)7(14)13(4-2)5-8(10,11)12/h6H,3-5H2,1-2H3. The van der Waals surface area contributed by atoms with Gasteiger partial charge in [0, 0.05) is 6.54 Å². The van der Waals surface area contributed by atoms with E-state index in [2.05, 4.69) is 15.9 Å². The first-order chi connectivity index (χ1) is 6.31. The minimum absolute atomic E-state index is 0.0699. The highest BCUT2D eigenvalue weighted by Crippen LogP contribution is 2.18. The molecule has 0 fully saturated rings. The second-order valence-electron chi connectivity index (χ2n) is 2.84. The number of halogens is 4. The number of alkyl halides is 4. The van der Waals surface area contributed by atoms with Crippen molar-refractivity contribution in [2.45, 2.75) is 31.3 Å². The molecule has 0 aliphatic carbocycles. The summed E-state index contributed by atoms with van der Waals surface area (Å²) < 4.78 is 36.0. The van der Waals surface area contributed by atoms with Gasteiger partial charge in [-0.1, -0.05) is 22.9 Å². The zero-order valence-electron chi connectivity index (χ0n) is 8.07. The van der Waals surface area contributed by atoms with E-state index in [9.17, 15) is 18.0 Å². The smallest absolute Gasteiger partial charge is 0.333 e. The van der Waals surface area contributed by atoms with Crippen LogP contribution in [0.15, 0.2) is 0 Å². The largest absolute Gasteiger partial charge is 0.406 e. The fraction of sp³-hybridized carbons (Fsp3) is 0.875. The molecule has 6 heteroatoms. The Kier molecular flexibility index (Phi) is 5.48. The molecule has 0 aromatic heterocycles. The molecule has 84 valence electrons. The first-order valence-corrected chi connectivity index (χ1v) is 5.23. The van der Waals surface area contributed by atoms with Gasteiger partial charge in [-0.25, -0.2) is 0 Å². The van der Waals surface area contributed by atoms with E-state index in [1.54, 1.807) is 6.92 Å². The Hall–Kier alpha value is -0.260. The first kappa shape index (κ1) is 13.7. The van der Waals surface area contributed by atoms with Gasteiger partial charge >= 0.3 is 6.18 Å². The average Bonchev–Trinajstić information content (AvgIpc) is 2.10. The lowest BCUT2D eigenvalue weighted by atomic mass is 10.3. The van der Waals surface area contributed by atoms with Crippen molar-refractivity contribution < 1.29 is 18.0 Å². The van der Waals surface area contributed by atoms with Crippen LogP contribution in [0.5, 0.6) is 0 Å². The van der Waals surface area contributed by atoms with Crippen LogP contribution in [0.25, 0.3) is 0 Å². The normalized spacial score (nSPS) is 13.9. The summed E-state index contributed by atoms with van der Waals surface area (Å²) >= 11 is 3.03. The Labute approximate surface area is 89.6 Å². The van der Waals surface area contributed by atoms with Gasteiger partial charge in [0.15, 0.2) is 0 Å². The predicted octanol–water partition coefficient (Wildman–Crippen LogP) is 2.57. The molecule has 0 saturated carbocycles. The van der Waals surface area contributed by atoms with Crippen molar-refractivity contribution in [1.29, 1.82) is 0 Å². The zero-order chi connectivity index (χ0) is 11.4. The van der Waals surface area contributed by atoms with Gasteiger partial charge in [-0.15, -0.1) is 0 Å².